The van der Waals surface area contributed by atoms with Crippen molar-refractivity contribution in [2.75, 3.05) is 20.3 Å². The van der Waals surface area contributed by atoms with Crippen molar-refractivity contribution in [3.05, 3.63) is 62.0 Å². The van der Waals surface area contributed by atoms with Gasteiger partial charge in [-0.1, -0.05) is 30.3 Å². The molecule has 1 aliphatic heterocycles. The molecule has 0 aliphatic carbocycles. The van der Waals surface area contributed by atoms with Crippen LogP contribution in [0.3, 0.4) is 0 Å². The van der Waals surface area contributed by atoms with Gasteiger partial charge in [-0.15, -0.1) is 0 Å². The van der Waals surface area contributed by atoms with Gasteiger partial charge in [0.15, 0.2) is 16.6 Å². The topological polar surface area (TPSA) is 68.8 Å². The van der Waals surface area contributed by atoms with E-state index in [9.17, 15) is 4.79 Å². The summed E-state index contributed by atoms with van der Waals surface area (Å²) in [7, 11) is 1.57. The van der Waals surface area contributed by atoms with E-state index < -0.39 is 12.0 Å². The number of hydrogen-bond acceptors (Lipinski definition) is 5. The molecular weight excluding hydrogens is 548 g/mol. The predicted octanol–water partition coefficient (Wildman–Crippen LogP) is 5.11. The fourth-order valence-electron chi connectivity index (χ4n) is 3.33. The third-order valence-electron chi connectivity index (χ3n) is 4.60. The molecule has 1 aliphatic rings. The van der Waals surface area contributed by atoms with E-state index in [2.05, 4.69) is 42.5 Å². The lowest BCUT2D eigenvalue weighted by molar-refractivity contribution is -0.138. The summed E-state index contributed by atoms with van der Waals surface area (Å²) in [5.41, 5.74) is 2.59. The van der Waals surface area contributed by atoms with Gasteiger partial charge in [0, 0.05) is 4.47 Å². The fourth-order valence-corrected chi connectivity index (χ4v) is 4.66. The quantitative estimate of drug-likeness (QED) is 0.354. The molecule has 2 N–H and O–H groups in total. The van der Waals surface area contributed by atoms with Gasteiger partial charge in [0.05, 0.1) is 42.1 Å². The molecular formula is C22H22Br2N2O4S. The van der Waals surface area contributed by atoms with E-state index in [0.717, 1.165) is 11.1 Å². The average Bonchev–Trinajstić information content (AvgIpc) is 2.76. The van der Waals surface area contributed by atoms with Gasteiger partial charge in [-0.3, -0.25) is 0 Å². The van der Waals surface area contributed by atoms with Gasteiger partial charge < -0.3 is 24.8 Å². The maximum atomic E-state index is 13.1. The van der Waals surface area contributed by atoms with Crippen molar-refractivity contribution in [2.24, 2.45) is 0 Å². The van der Waals surface area contributed by atoms with Gasteiger partial charge in [-0.25, -0.2) is 4.79 Å². The molecule has 0 saturated carbocycles. The largest absolute Gasteiger partial charge is 0.492 e. The average molecular weight is 570 g/mol. The highest BCUT2D eigenvalue weighted by Gasteiger charge is 2.35. The highest BCUT2D eigenvalue weighted by molar-refractivity contribution is 9.13. The Morgan fingerprint density at radius 3 is 2.45 bits per heavy atom. The number of ether oxygens (including phenoxy) is 3. The number of carbonyl (C=O) groups is 1. The number of esters is 1. The van der Waals surface area contributed by atoms with Crippen molar-refractivity contribution in [3.63, 3.8) is 0 Å². The van der Waals surface area contributed by atoms with Crippen molar-refractivity contribution in [3.8, 4) is 11.5 Å². The Morgan fingerprint density at radius 1 is 1.13 bits per heavy atom. The van der Waals surface area contributed by atoms with E-state index in [1.807, 2.05) is 43.3 Å². The van der Waals surface area contributed by atoms with Gasteiger partial charge in [-0.05, 0) is 75.1 Å². The van der Waals surface area contributed by atoms with Crippen molar-refractivity contribution in [1.29, 1.82) is 0 Å². The molecule has 6 nitrogen and oxygen atoms in total. The SMILES string of the molecule is CCOC(=O)C1=C(c2ccccc2)NC(=S)NC1c1cc(OCC)c(OC)c(Br)c1Br. The van der Waals surface area contributed by atoms with Crippen molar-refractivity contribution in [2.45, 2.75) is 19.9 Å². The smallest absolute Gasteiger partial charge is 0.338 e. The van der Waals surface area contributed by atoms with E-state index >= 15 is 0 Å². The van der Waals surface area contributed by atoms with Crippen LogP contribution in [0.5, 0.6) is 11.5 Å². The predicted molar refractivity (Wildman–Crippen MR) is 131 cm³/mol. The molecule has 0 amide bonds. The summed E-state index contributed by atoms with van der Waals surface area (Å²) in [6.07, 6.45) is 0. The third kappa shape index (κ3) is 4.88. The second-order valence-corrected chi connectivity index (χ2v) is 8.46. The first-order valence-corrected chi connectivity index (χ1v) is 11.6. The van der Waals surface area contributed by atoms with Gasteiger partial charge in [-0.2, -0.15) is 0 Å². The molecule has 164 valence electrons. The van der Waals surface area contributed by atoms with Gasteiger partial charge in [0.2, 0.25) is 0 Å². The molecule has 31 heavy (non-hydrogen) atoms. The van der Waals surface area contributed by atoms with E-state index in [1.165, 1.54) is 0 Å². The molecule has 3 rings (SSSR count). The number of thiocarbonyl (C=S) groups is 1. The monoisotopic (exact) mass is 568 g/mol. The van der Waals surface area contributed by atoms with Crippen LogP contribution in [0, 0.1) is 0 Å². The molecule has 2 aromatic carbocycles. The molecule has 0 radical (unpaired) electrons. The van der Waals surface area contributed by atoms with Crippen LogP contribution < -0.4 is 20.1 Å². The van der Waals surface area contributed by atoms with Crippen LogP contribution >= 0.6 is 44.1 Å². The highest BCUT2D eigenvalue weighted by atomic mass is 79.9. The molecule has 2 aromatic rings. The van der Waals surface area contributed by atoms with Crippen LogP contribution in [0.2, 0.25) is 0 Å². The van der Waals surface area contributed by atoms with Gasteiger partial charge in [0.25, 0.3) is 0 Å². The minimum absolute atomic E-state index is 0.249. The minimum atomic E-state index is -0.584. The zero-order valence-electron chi connectivity index (χ0n) is 17.3. The Kier molecular flexibility index (Phi) is 7.96. The summed E-state index contributed by atoms with van der Waals surface area (Å²) in [5, 5.41) is 6.74. The molecule has 9 heteroatoms. The highest BCUT2D eigenvalue weighted by Crippen LogP contribution is 2.46. The first-order valence-electron chi connectivity index (χ1n) is 9.65. The zero-order chi connectivity index (χ0) is 22.5. The lowest BCUT2D eigenvalue weighted by Crippen LogP contribution is -2.45. The second kappa shape index (κ2) is 10.5. The van der Waals surface area contributed by atoms with Gasteiger partial charge in [0.1, 0.15) is 0 Å². The number of carbonyl (C=O) groups excluding carboxylic acids is 1. The summed E-state index contributed by atoms with van der Waals surface area (Å²) in [6.45, 7) is 4.37. The van der Waals surface area contributed by atoms with E-state index in [-0.39, 0.29) is 6.61 Å². The van der Waals surface area contributed by atoms with Crippen molar-refractivity contribution in [1.82, 2.24) is 10.6 Å². The van der Waals surface area contributed by atoms with E-state index in [1.54, 1.807) is 14.0 Å². The Hall–Kier alpha value is -2.10. The third-order valence-corrected chi connectivity index (χ3v) is 6.96. The number of nitrogens with one attached hydrogen (secondary N) is 2. The summed E-state index contributed by atoms with van der Waals surface area (Å²) in [4.78, 5) is 13.1. The van der Waals surface area contributed by atoms with Crippen LogP contribution in [0.1, 0.15) is 31.0 Å². The standard InChI is InChI=1S/C22H22Br2N2O4S/c1-4-29-14-11-13(16(23)17(24)20(14)28-3)19-15(21(27)30-5-2)18(25-22(31)26-19)12-9-7-6-8-10-12/h6-11,19H,4-5H2,1-3H3,(H2,25,26,31). The molecule has 1 unspecified atom stereocenters. The number of hydrogen-bond donors (Lipinski definition) is 2. The summed E-state index contributed by atoms with van der Waals surface area (Å²) in [5.74, 6) is 0.662. The molecule has 0 bridgehead atoms. The van der Waals surface area contributed by atoms with E-state index in [0.29, 0.717) is 43.4 Å². The van der Waals surface area contributed by atoms with Gasteiger partial charge >= 0.3 is 5.97 Å². The summed E-state index contributed by atoms with van der Waals surface area (Å²) in [6, 6.07) is 10.8. The molecule has 0 saturated heterocycles. The number of benzene rings is 2. The molecule has 0 aromatic heterocycles. The first kappa shape index (κ1) is 23.6. The van der Waals surface area contributed by atoms with Crippen LogP contribution in [0.15, 0.2) is 50.9 Å². The Morgan fingerprint density at radius 2 is 1.84 bits per heavy atom. The molecule has 0 fully saturated rings. The Bertz CT molecular complexity index is 1030. The normalized spacial score (nSPS) is 15.8. The molecule has 1 atom stereocenters. The zero-order valence-corrected chi connectivity index (χ0v) is 21.2. The molecule has 1 heterocycles. The number of rotatable bonds is 7. The van der Waals surface area contributed by atoms with E-state index in [4.69, 9.17) is 26.4 Å². The maximum absolute atomic E-state index is 13.1. The fraction of sp³-hybridized carbons (Fsp3) is 0.273. The maximum Gasteiger partial charge on any atom is 0.338 e. The minimum Gasteiger partial charge on any atom is -0.492 e. The van der Waals surface area contributed by atoms with Crippen LogP contribution in [-0.2, 0) is 9.53 Å². The second-order valence-electron chi connectivity index (χ2n) is 6.46. The lowest BCUT2D eigenvalue weighted by Gasteiger charge is -2.32. The number of methoxy groups -OCH3 is 1. The van der Waals surface area contributed by atoms with Crippen LogP contribution in [-0.4, -0.2) is 31.4 Å². The van der Waals surface area contributed by atoms with Crippen LogP contribution in [0.4, 0.5) is 0 Å². The Labute approximate surface area is 203 Å². The number of halogens is 2. The summed E-state index contributed by atoms with van der Waals surface area (Å²) >= 11 is 12.7. The summed E-state index contributed by atoms with van der Waals surface area (Å²) < 4.78 is 18.1. The van der Waals surface area contributed by atoms with Crippen molar-refractivity contribution < 1.29 is 19.0 Å². The van der Waals surface area contributed by atoms with Crippen LogP contribution in [0.25, 0.3) is 5.70 Å². The molecule has 0 spiro atoms. The first-order chi connectivity index (χ1) is 14.9. The lowest BCUT2D eigenvalue weighted by atomic mass is 9.92. The van der Waals surface area contributed by atoms with Crippen molar-refractivity contribution >= 4 is 60.9 Å². The Balaban J connectivity index is 2.27.